The van der Waals surface area contributed by atoms with Crippen LogP contribution in [0.3, 0.4) is 0 Å². The number of carbonyl (C=O) groups excluding carboxylic acids is 3. The molecule has 172 valence electrons. The SMILES string of the molecule is C=C[C@@]1(OC(=O)c2ccccc2)CO[C@@H](OC(=O)c2ccccc2)[C@@H]1OC(=O)c1ccccc1. The van der Waals surface area contributed by atoms with E-state index in [2.05, 4.69) is 6.58 Å². The lowest BCUT2D eigenvalue weighted by Gasteiger charge is -2.31. The fourth-order valence-electron chi connectivity index (χ4n) is 3.48. The van der Waals surface area contributed by atoms with Crippen LogP contribution in [0.4, 0.5) is 0 Å². The molecule has 0 aromatic heterocycles. The van der Waals surface area contributed by atoms with Crippen molar-refractivity contribution in [3.05, 3.63) is 120 Å². The van der Waals surface area contributed by atoms with Crippen molar-refractivity contribution in [3.8, 4) is 0 Å². The Morgan fingerprint density at radius 1 is 0.735 bits per heavy atom. The summed E-state index contributed by atoms with van der Waals surface area (Å²) in [5.74, 6) is -2.04. The van der Waals surface area contributed by atoms with Crippen molar-refractivity contribution in [2.75, 3.05) is 6.61 Å². The van der Waals surface area contributed by atoms with Crippen LogP contribution in [0.15, 0.2) is 104 Å². The fourth-order valence-corrected chi connectivity index (χ4v) is 3.48. The Bertz CT molecular complexity index is 1160. The molecule has 4 rings (SSSR count). The summed E-state index contributed by atoms with van der Waals surface area (Å²) in [7, 11) is 0. The summed E-state index contributed by atoms with van der Waals surface area (Å²) in [5, 5.41) is 0. The van der Waals surface area contributed by atoms with Crippen LogP contribution >= 0.6 is 0 Å². The average Bonchev–Trinajstić information content (AvgIpc) is 3.22. The van der Waals surface area contributed by atoms with Crippen LogP contribution in [-0.2, 0) is 18.9 Å². The minimum atomic E-state index is -1.58. The van der Waals surface area contributed by atoms with Crippen molar-refractivity contribution in [2.45, 2.75) is 18.0 Å². The number of benzene rings is 3. The average molecular weight is 458 g/mol. The molecular weight excluding hydrogens is 436 g/mol. The summed E-state index contributed by atoms with van der Waals surface area (Å²) in [6.07, 6.45) is -1.30. The molecule has 0 radical (unpaired) electrons. The first-order chi connectivity index (χ1) is 16.5. The molecule has 3 atom stereocenters. The van der Waals surface area contributed by atoms with Gasteiger partial charge in [-0.1, -0.05) is 61.2 Å². The van der Waals surface area contributed by atoms with E-state index in [1.165, 1.54) is 6.08 Å². The van der Waals surface area contributed by atoms with Gasteiger partial charge in [-0.2, -0.15) is 0 Å². The van der Waals surface area contributed by atoms with E-state index < -0.39 is 35.9 Å². The Morgan fingerprint density at radius 3 is 1.65 bits per heavy atom. The van der Waals surface area contributed by atoms with Gasteiger partial charge in [0.05, 0.1) is 23.3 Å². The van der Waals surface area contributed by atoms with Crippen molar-refractivity contribution < 1.29 is 33.3 Å². The van der Waals surface area contributed by atoms with E-state index in [-0.39, 0.29) is 17.7 Å². The molecular formula is C27H22O7. The minimum Gasteiger partial charge on any atom is -0.447 e. The molecule has 1 fully saturated rings. The van der Waals surface area contributed by atoms with Crippen LogP contribution in [0.2, 0.25) is 0 Å². The van der Waals surface area contributed by atoms with Crippen LogP contribution in [0.5, 0.6) is 0 Å². The van der Waals surface area contributed by atoms with Gasteiger partial charge < -0.3 is 18.9 Å². The largest absolute Gasteiger partial charge is 0.447 e. The van der Waals surface area contributed by atoms with Gasteiger partial charge in [0.15, 0.2) is 5.60 Å². The molecule has 1 heterocycles. The van der Waals surface area contributed by atoms with E-state index >= 15 is 0 Å². The smallest absolute Gasteiger partial charge is 0.340 e. The normalized spacial score (nSPS) is 21.3. The Hall–Kier alpha value is -4.23. The topological polar surface area (TPSA) is 88.1 Å². The molecule has 0 unspecified atom stereocenters. The highest BCUT2D eigenvalue weighted by atomic mass is 16.7. The summed E-state index contributed by atoms with van der Waals surface area (Å²) >= 11 is 0. The summed E-state index contributed by atoms with van der Waals surface area (Å²) in [5.41, 5.74) is -0.730. The molecule has 0 saturated carbocycles. The summed E-state index contributed by atoms with van der Waals surface area (Å²) < 4.78 is 22.6. The van der Waals surface area contributed by atoms with E-state index in [1.54, 1.807) is 91.0 Å². The van der Waals surface area contributed by atoms with Gasteiger partial charge in [0.25, 0.3) is 0 Å². The van der Waals surface area contributed by atoms with Crippen molar-refractivity contribution >= 4 is 17.9 Å². The third-order valence-corrected chi connectivity index (χ3v) is 5.32. The minimum absolute atomic E-state index is 0.228. The van der Waals surface area contributed by atoms with Crippen molar-refractivity contribution in [1.82, 2.24) is 0 Å². The van der Waals surface area contributed by atoms with Crippen LogP contribution in [0, 0.1) is 0 Å². The van der Waals surface area contributed by atoms with Gasteiger partial charge in [-0.3, -0.25) is 0 Å². The first-order valence-electron chi connectivity index (χ1n) is 10.6. The standard InChI is InChI=1S/C27H22O7/c1-2-27(34-25(30)21-16-10-5-11-17-21)18-31-26(33-24(29)20-14-8-4-9-15-20)22(27)32-23(28)19-12-6-3-7-13-19/h2-17,22,26H,1,18H2/t22-,26-,27+/m0/s1. The van der Waals surface area contributed by atoms with Gasteiger partial charge in [0.2, 0.25) is 12.4 Å². The molecule has 1 aliphatic heterocycles. The molecule has 7 nitrogen and oxygen atoms in total. The van der Waals surface area contributed by atoms with Crippen LogP contribution < -0.4 is 0 Å². The maximum Gasteiger partial charge on any atom is 0.340 e. The second-order valence-corrected chi connectivity index (χ2v) is 7.56. The molecule has 7 heteroatoms. The first-order valence-corrected chi connectivity index (χ1v) is 10.6. The second-order valence-electron chi connectivity index (χ2n) is 7.56. The highest BCUT2D eigenvalue weighted by Gasteiger charge is 2.56. The maximum atomic E-state index is 12.9. The third-order valence-electron chi connectivity index (χ3n) is 5.32. The summed E-state index contributed by atoms with van der Waals surface area (Å²) in [6.45, 7) is 3.55. The van der Waals surface area contributed by atoms with Crippen LogP contribution in [0.25, 0.3) is 0 Å². The zero-order chi connectivity index (χ0) is 24.0. The molecule has 0 bridgehead atoms. The lowest BCUT2D eigenvalue weighted by Crippen LogP contribution is -2.49. The quantitative estimate of drug-likeness (QED) is 0.298. The van der Waals surface area contributed by atoms with E-state index in [1.807, 2.05) is 0 Å². The van der Waals surface area contributed by atoms with Gasteiger partial charge in [-0.25, -0.2) is 14.4 Å². The molecule has 3 aromatic rings. The Balaban J connectivity index is 1.62. The van der Waals surface area contributed by atoms with Crippen LogP contribution in [0.1, 0.15) is 31.1 Å². The first kappa shape index (κ1) is 22.9. The zero-order valence-electron chi connectivity index (χ0n) is 18.2. The predicted octanol–water partition coefficient (Wildman–Crippen LogP) is 4.21. The highest BCUT2D eigenvalue weighted by molar-refractivity contribution is 5.91. The number of ether oxygens (including phenoxy) is 4. The zero-order valence-corrected chi connectivity index (χ0v) is 18.2. The number of carbonyl (C=O) groups is 3. The van der Waals surface area contributed by atoms with Gasteiger partial charge in [-0.05, 0) is 42.5 Å². The van der Waals surface area contributed by atoms with E-state index in [4.69, 9.17) is 18.9 Å². The van der Waals surface area contributed by atoms with Gasteiger partial charge >= 0.3 is 17.9 Å². The lowest BCUT2D eigenvalue weighted by atomic mass is 9.98. The second kappa shape index (κ2) is 10.1. The monoisotopic (exact) mass is 458 g/mol. The molecule has 1 aliphatic rings. The molecule has 0 amide bonds. The molecule has 34 heavy (non-hydrogen) atoms. The number of esters is 3. The van der Waals surface area contributed by atoms with Crippen LogP contribution in [-0.4, -0.2) is 42.5 Å². The molecule has 3 aromatic carbocycles. The predicted molar refractivity (Wildman–Crippen MR) is 122 cm³/mol. The molecule has 0 N–H and O–H groups in total. The molecule has 0 aliphatic carbocycles. The van der Waals surface area contributed by atoms with E-state index in [9.17, 15) is 14.4 Å². The maximum absolute atomic E-state index is 12.9. The molecule has 0 spiro atoms. The Kier molecular flexibility index (Phi) is 6.85. The van der Waals surface area contributed by atoms with Gasteiger partial charge in [0.1, 0.15) is 0 Å². The van der Waals surface area contributed by atoms with E-state index in [0.29, 0.717) is 5.56 Å². The van der Waals surface area contributed by atoms with Crippen molar-refractivity contribution in [3.63, 3.8) is 0 Å². The Morgan fingerprint density at radius 2 is 1.18 bits per heavy atom. The van der Waals surface area contributed by atoms with Crippen molar-refractivity contribution in [1.29, 1.82) is 0 Å². The van der Waals surface area contributed by atoms with Crippen molar-refractivity contribution in [2.24, 2.45) is 0 Å². The highest BCUT2D eigenvalue weighted by Crippen LogP contribution is 2.35. The molecule has 1 saturated heterocycles. The third kappa shape index (κ3) is 4.89. The number of hydrogen-bond acceptors (Lipinski definition) is 7. The summed E-state index contributed by atoms with van der Waals surface area (Å²) in [4.78, 5) is 38.4. The number of rotatable bonds is 7. The summed E-state index contributed by atoms with van der Waals surface area (Å²) in [6, 6.07) is 24.9. The lowest BCUT2D eigenvalue weighted by molar-refractivity contribution is -0.129. The van der Waals surface area contributed by atoms with Gasteiger partial charge in [0, 0.05) is 0 Å². The Labute approximate surface area is 196 Å². The van der Waals surface area contributed by atoms with Gasteiger partial charge in [-0.15, -0.1) is 0 Å². The number of hydrogen-bond donors (Lipinski definition) is 0. The van der Waals surface area contributed by atoms with E-state index in [0.717, 1.165) is 0 Å². The fraction of sp³-hybridized carbons (Fsp3) is 0.148.